The molecule has 0 aliphatic carbocycles. The van der Waals surface area contributed by atoms with Crippen molar-refractivity contribution in [3.05, 3.63) is 30.1 Å². The Labute approximate surface area is 106 Å². The molecule has 0 N–H and O–H groups in total. The van der Waals surface area contributed by atoms with Crippen molar-refractivity contribution in [2.45, 2.75) is 19.4 Å². The van der Waals surface area contributed by atoms with E-state index in [9.17, 15) is 17.6 Å². The Morgan fingerprint density at radius 3 is 2.00 bits per heavy atom. The summed E-state index contributed by atoms with van der Waals surface area (Å²) in [7, 11) is -2.20. The van der Waals surface area contributed by atoms with Crippen molar-refractivity contribution >= 4 is 16.6 Å². The number of hydrogen-bond acceptors (Lipinski definition) is 1. The maximum absolute atomic E-state index is 12.9. The fourth-order valence-corrected chi connectivity index (χ4v) is 2.65. The van der Waals surface area contributed by atoms with Crippen molar-refractivity contribution in [1.82, 2.24) is 4.31 Å². The first-order valence-electron chi connectivity index (χ1n) is 5.42. The van der Waals surface area contributed by atoms with Crippen LogP contribution in [0, 0.1) is 5.82 Å². The van der Waals surface area contributed by atoms with E-state index in [-0.39, 0.29) is 18.8 Å². The zero-order chi connectivity index (χ0) is 13.8. The van der Waals surface area contributed by atoms with Gasteiger partial charge in [-0.25, -0.2) is 13.1 Å². The average molecular weight is 282 g/mol. The van der Waals surface area contributed by atoms with E-state index in [1.165, 1.54) is 16.4 Å². The molecule has 1 aromatic rings. The highest BCUT2D eigenvalue weighted by molar-refractivity contribution is 7.86. The number of benzene rings is 1. The normalized spacial score (nSPS) is 14.2. The third-order valence-corrected chi connectivity index (χ3v) is 3.98. The lowest BCUT2D eigenvalue weighted by Gasteiger charge is -2.23. The van der Waals surface area contributed by atoms with Gasteiger partial charge in [0.2, 0.25) is 0 Å². The second-order valence-electron chi connectivity index (χ2n) is 3.39. The second-order valence-corrected chi connectivity index (χ2v) is 5.08. The predicted octanol–water partition coefficient (Wildman–Crippen LogP) is 4.04. The highest BCUT2D eigenvalue weighted by atomic mass is 32.2. The molecular formula is C11H14F4N2S. The van der Waals surface area contributed by atoms with Crippen molar-refractivity contribution in [2.75, 3.05) is 13.1 Å². The summed E-state index contributed by atoms with van der Waals surface area (Å²) < 4.78 is 56.3. The molecule has 0 aromatic heterocycles. The van der Waals surface area contributed by atoms with Crippen LogP contribution >= 0.6 is 0 Å². The average Bonchev–Trinajstić information content (AvgIpc) is 2.30. The summed E-state index contributed by atoms with van der Waals surface area (Å²) >= 11 is 0. The molecule has 1 unspecified atom stereocenters. The third kappa shape index (κ3) is 4.06. The van der Waals surface area contributed by atoms with E-state index in [1.807, 2.05) is 0 Å². The first kappa shape index (κ1) is 15.1. The summed E-state index contributed by atoms with van der Waals surface area (Å²) in [4.78, 5) is 0. The predicted molar refractivity (Wildman–Crippen MR) is 64.8 cm³/mol. The zero-order valence-corrected chi connectivity index (χ0v) is 10.9. The van der Waals surface area contributed by atoms with Gasteiger partial charge in [-0.3, -0.25) is 0 Å². The van der Waals surface area contributed by atoms with Crippen molar-refractivity contribution in [3.63, 3.8) is 0 Å². The van der Waals surface area contributed by atoms with E-state index in [0.29, 0.717) is 0 Å². The molecule has 2 nitrogen and oxygen atoms in total. The Bertz CT molecular complexity index is 410. The van der Waals surface area contributed by atoms with Gasteiger partial charge in [-0.1, -0.05) is 13.8 Å². The van der Waals surface area contributed by atoms with Crippen molar-refractivity contribution in [3.8, 4) is 0 Å². The molecule has 102 valence electrons. The summed E-state index contributed by atoms with van der Waals surface area (Å²) in [6, 6.07) is 4.67. The minimum Gasteiger partial charge on any atom is -0.235 e. The van der Waals surface area contributed by atoms with E-state index in [4.69, 9.17) is 0 Å². The number of nitrogens with zero attached hydrogens (tertiary/aromatic N) is 2. The van der Waals surface area contributed by atoms with Gasteiger partial charge in [0.25, 0.3) is 0 Å². The standard InChI is InChI=1S/C11H14F4N2S/c1-3-17(4-2)18(11(13,14)15)16-10-7-5-9(12)6-8-10/h5-8H,3-4H2,1-2H3. The van der Waals surface area contributed by atoms with E-state index >= 15 is 0 Å². The Kier molecular flexibility index (Phi) is 5.28. The van der Waals surface area contributed by atoms with E-state index in [0.717, 1.165) is 12.1 Å². The van der Waals surface area contributed by atoms with Gasteiger partial charge in [0, 0.05) is 13.1 Å². The van der Waals surface area contributed by atoms with Gasteiger partial charge in [-0.05, 0) is 24.3 Å². The van der Waals surface area contributed by atoms with Crippen LogP contribution in [0.2, 0.25) is 0 Å². The monoisotopic (exact) mass is 282 g/mol. The summed E-state index contributed by atoms with van der Waals surface area (Å²) in [5.74, 6) is -0.497. The fraction of sp³-hybridized carbons (Fsp3) is 0.455. The molecule has 0 heterocycles. The molecule has 18 heavy (non-hydrogen) atoms. The van der Waals surface area contributed by atoms with Crippen LogP contribution in [0.4, 0.5) is 23.2 Å². The fourth-order valence-electron chi connectivity index (χ4n) is 1.33. The Morgan fingerprint density at radius 2 is 1.61 bits per heavy atom. The quantitative estimate of drug-likeness (QED) is 0.761. The molecule has 0 saturated heterocycles. The number of halogens is 4. The van der Waals surface area contributed by atoms with Gasteiger partial charge >= 0.3 is 5.51 Å². The van der Waals surface area contributed by atoms with E-state index in [2.05, 4.69) is 4.36 Å². The van der Waals surface area contributed by atoms with E-state index in [1.54, 1.807) is 13.8 Å². The summed E-state index contributed by atoms with van der Waals surface area (Å²) in [5.41, 5.74) is -4.29. The van der Waals surface area contributed by atoms with E-state index < -0.39 is 22.2 Å². The minimum atomic E-state index is -4.42. The minimum absolute atomic E-state index is 0.129. The lowest BCUT2D eigenvalue weighted by Crippen LogP contribution is -2.34. The summed E-state index contributed by atoms with van der Waals surface area (Å²) in [6.45, 7) is 3.80. The van der Waals surface area contributed by atoms with Crippen LogP contribution in [0.3, 0.4) is 0 Å². The summed E-state index contributed by atoms with van der Waals surface area (Å²) in [5, 5.41) is 0. The highest BCUT2D eigenvalue weighted by Crippen LogP contribution is 2.28. The maximum Gasteiger partial charge on any atom is 0.466 e. The van der Waals surface area contributed by atoms with Gasteiger partial charge in [0.15, 0.2) is 0 Å². The maximum atomic E-state index is 12.9. The van der Waals surface area contributed by atoms with Crippen LogP contribution in [-0.4, -0.2) is 22.9 Å². The first-order chi connectivity index (χ1) is 8.38. The number of rotatable bonds is 4. The largest absolute Gasteiger partial charge is 0.466 e. The van der Waals surface area contributed by atoms with Crippen molar-refractivity contribution < 1.29 is 17.6 Å². The van der Waals surface area contributed by atoms with Crippen LogP contribution in [0.5, 0.6) is 0 Å². The molecule has 0 aliphatic heterocycles. The van der Waals surface area contributed by atoms with Gasteiger partial charge in [0.1, 0.15) is 5.82 Å². The van der Waals surface area contributed by atoms with Crippen LogP contribution in [0.25, 0.3) is 0 Å². The molecule has 0 radical (unpaired) electrons. The molecule has 0 spiro atoms. The van der Waals surface area contributed by atoms with Gasteiger partial charge in [-0.2, -0.15) is 13.2 Å². The van der Waals surface area contributed by atoms with Gasteiger partial charge in [0.05, 0.1) is 16.6 Å². The zero-order valence-electron chi connectivity index (χ0n) is 10.0. The second kappa shape index (κ2) is 6.29. The molecule has 7 heteroatoms. The smallest absolute Gasteiger partial charge is 0.235 e. The molecule has 1 rings (SSSR count). The molecule has 0 fully saturated rings. The Morgan fingerprint density at radius 1 is 1.11 bits per heavy atom. The van der Waals surface area contributed by atoms with Crippen LogP contribution in [-0.2, 0) is 10.9 Å². The van der Waals surface area contributed by atoms with Gasteiger partial charge < -0.3 is 0 Å². The van der Waals surface area contributed by atoms with Gasteiger partial charge in [-0.15, -0.1) is 0 Å². The topological polar surface area (TPSA) is 15.6 Å². The lowest BCUT2D eigenvalue weighted by atomic mass is 10.3. The molecule has 1 aromatic carbocycles. The van der Waals surface area contributed by atoms with Crippen LogP contribution in [0.1, 0.15) is 13.8 Å². The third-order valence-electron chi connectivity index (χ3n) is 2.18. The van der Waals surface area contributed by atoms with Crippen molar-refractivity contribution in [1.29, 1.82) is 0 Å². The van der Waals surface area contributed by atoms with Crippen molar-refractivity contribution in [2.24, 2.45) is 4.36 Å². The van der Waals surface area contributed by atoms with Crippen LogP contribution in [0.15, 0.2) is 28.6 Å². The molecular weight excluding hydrogens is 268 g/mol. The number of hydrogen-bond donors (Lipinski definition) is 0. The Hall–Kier alpha value is -0.950. The summed E-state index contributed by atoms with van der Waals surface area (Å²) in [6.07, 6.45) is 0. The first-order valence-corrected chi connectivity index (χ1v) is 6.56. The molecule has 1 atom stereocenters. The molecule has 0 bridgehead atoms. The SMILES string of the molecule is CCN(CC)S(=Nc1ccc(F)cc1)C(F)(F)F. The lowest BCUT2D eigenvalue weighted by molar-refractivity contribution is -0.0394. The highest BCUT2D eigenvalue weighted by Gasteiger charge is 2.37. The van der Waals surface area contributed by atoms with Crippen LogP contribution < -0.4 is 0 Å². The number of alkyl halides is 3. The molecule has 0 amide bonds. The Balaban J connectivity index is 3.14. The molecule has 0 aliphatic rings. The molecule has 0 saturated carbocycles.